The average Bonchev–Trinajstić information content (AvgIpc) is 3.57. The van der Waals surface area contributed by atoms with Crippen molar-refractivity contribution in [2.24, 2.45) is 0 Å². The number of nitrogens with zero attached hydrogens (tertiary/aromatic N) is 1. The van der Waals surface area contributed by atoms with Crippen molar-refractivity contribution in [2.75, 3.05) is 0 Å². The Labute approximate surface area is 223 Å². The van der Waals surface area contributed by atoms with Gasteiger partial charge in [0.1, 0.15) is 27.3 Å². The van der Waals surface area contributed by atoms with E-state index in [2.05, 4.69) is 24.3 Å². The van der Waals surface area contributed by atoms with Crippen LogP contribution in [-0.2, 0) is 4.65 Å². The van der Waals surface area contributed by atoms with Crippen LogP contribution in [0.3, 0.4) is 0 Å². The Morgan fingerprint density at radius 3 is 2.39 bits per heavy atom. The van der Waals surface area contributed by atoms with Crippen LogP contribution in [0.4, 0.5) is 0 Å². The summed E-state index contributed by atoms with van der Waals surface area (Å²) in [4.78, 5) is 4.96. The van der Waals surface area contributed by atoms with Gasteiger partial charge in [-0.15, -0.1) is 11.3 Å². The van der Waals surface area contributed by atoms with Crippen LogP contribution in [0.15, 0.2) is 81.6 Å². The zero-order valence-corrected chi connectivity index (χ0v) is 22.3. The zero-order chi connectivity index (χ0) is 26.2. The second-order valence-corrected chi connectivity index (χ2v) is 11.8. The fraction of sp³-hybridized carbons (Fsp3) is 0.194. The van der Waals surface area contributed by atoms with Crippen molar-refractivity contribution in [1.82, 2.24) is 4.98 Å². The molecule has 0 amide bonds. The molecule has 38 heavy (non-hydrogen) atoms. The molecule has 7 aromatic rings. The van der Waals surface area contributed by atoms with Crippen molar-refractivity contribution in [3.05, 3.63) is 72.8 Å². The van der Waals surface area contributed by atoms with Gasteiger partial charge in [-0.1, -0.05) is 30.3 Å². The molecule has 0 fully saturated rings. The number of para-hydroxylation sites is 1. The van der Waals surface area contributed by atoms with Gasteiger partial charge in [-0.25, -0.2) is 4.98 Å². The molecule has 4 aromatic carbocycles. The van der Waals surface area contributed by atoms with E-state index in [1.54, 1.807) is 32.7 Å². The van der Waals surface area contributed by atoms with E-state index in [0.29, 0.717) is 0 Å². The van der Waals surface area contributed by atoms with Gasteiger partial charge in [0, 0.05) is 33.2 Å². The Morgan fingerprint density at radius 2 is 1.55 bits per heavy atom. The molecule has 0 aliphatic rings. The first kappa shape index (κ1) is 23.5. The normalized spacial score (nSPS) is 13.0. The Kier molecular flexibility index (Phi) is 5.05. The van der Waals surface area contributed by atoms with Crippen LogP contribution in [0.5, 0.6) is 0 Å². The molecule has 0 aliphatic heterocycles. The second-order valence-electron chi connectivity index (χ2n) is 10.8. The second kappa shape index (κ2) is 8.17. The van der Waals surface area contributed by atoms with Gasteiger partial charge in [-0.2, -0.15) is 0 Å². The summed E-state index contributed by atoms with van der Waals surface area (Å²) in [5.41, 5.74) is 4.42. The molecule has 0 bridgehead atoms. The minimum Gasteiger partial charge on any atom is -0.456 e. The summed E-state index contributed by atoms with van der Waals surface area (Å²) in [6, 6.07) is 24.4. The van der Waals surface area contributed by atoms with E-state index in [4.69, 9.17) is 18.5 Å². The lowest BCUT2D eigenvalue weighted by Crippen LogP contribution is -2.49. The van der Waals surface area contributed by atoms with Gasteiger partial charge in [0.05, 0.1) is 21.4 Å². The number of fused-ring (bicyclic) bond motifs is 7. The number of rotatable bonds is 5. The minimum atomic E-state index is -1.01. The third-order valence-corrected chi connectivity index (χ3v) is 8.68. The highest BCUT2D eigenvalue weighted by atomic mass is 32.1. The summed E-state index contributed by atoms with van der Waals surface area (Å²) < 4.78 is 19.4. The molecule has 0 spiro atoms. The van der Waals surface area contributed by atoms with Gasteiger partial charge >= 0.3 is 7.48 Å². The van der Waals surface area contributed by atoms with Crippen molar-refractivity contribution in [1.29, 1.82) is 0 Å². The van der Waals surface area contributed by atoms with Crippen molar-refractivity contribution in [3.63, 3.8) is 0 Å². The summed E-state index contributed by atoms with van der Waals surface area (Å²) in [5.74, 6) is 0. The fourth-order valence-corrected chi connectivity index (χ4v) is 5.69. The predicted molar refractivity (Wildman–Crippen MR) is 156 cm³/mol. The topological polar surface area (TPSA) is 68.6 Å². The Balaban J connectivity index is 1.32. The maximum Gasteiger partial charge on any atom is 0.331 e. The molecule has 0 atom stereocenters. The first-order valence-corrected chi connectivity index (χ1v) is 13.4. The monoisotopic (exact) mass is 518 g/mol. The van der Waals surface area contributed by atoms with E-state index in [0.717, 1.165) is 70.1 Å². The highest BCUT2D eigenvalue weighted by molar-refractivity contribution is 7.21. The summed E-state index contributed by atoms with van der Waals surface area (Å²) in [5, 5.41) is 15.6. The lowest BCUT2D eigenvalue weighted by Gasteiger charge is -2.37. The van der Waals surface area contributed by atoms with E-state index in [1.165, 1.54) is 0 Å². The number of thiazole rings is 1. The van der Waals surface area contributed by atoms with Crippen LogP contribution in [0.25, 0.3) is 64.7 Å². The number of hydrogen-bond donors (Lipinski definition) is 1. The summed E-state index contributed by atoms with van der Waals surface area (Å²) in [6.07, 6.45) is 0. The van der Waals surface area contributed by atoms with Gasteiger partial charge in [-0.05, 0) is 69.6 Å². The largest absolute Gasteiger partial charge is 0.456 e. The van der Waals surface area contributed by atoms with Gasteiger partial charge < -0.3 is 18.6 Å². The van der Waals surface area contributed by atoms with E-state index in [9.17, 15) is 5.11 Å². The Hall–Kier alpha value is -3.65. The molecular formula is C31H25BNO4S. The van der Waals surface area contributed by atoms with E-state index >= 15 is 0 Å². The fourth-order valence-electron chi connectivity index (χ4n) is 4.71. The lowest BCUT2D eigenvalue weighted by molar-refractivity contribution is -0.0893. The summed E-state index contributed by atoms with van der Waals surface area (Å²) >= 11 is 1.66. The van der Waals surface area contributed by atoms with Gasteiger partial charge in [-0.3, -0.25) is 0 Å². The van der Waals surface area contributed by atoms with Gasteiger partial charge in [0.2, 0.25) is 0 Å². The smallest absolute Gasteiger partial charge is 0.331 e. The third-order valence-electron chi connectivity index (χ3n) is 7.62. The Bertz CT molecular complexity index is 2010. The summed E-state index contributed by atoms with van der Waals surface area (Å²) in [7, 11) is 1.72. The summed E-state index contributed by atoms with van der Waals surface area (Å²) in [6.45, 7) is 7.26. The molecule has 3 heterocycles. The molecule has 0 saturated carbocycles. The Morgan fingerprint density at radius 1 is 0.789 bits per heavy atom. The molecule has 1 N–H and O–H groups in total. The molecule has 3 aromatic heterocycles. The van der Waals surface area contributed by atoms with E-state index in [1.807, 2.05) is 62.4 Å². The highest BCUT2D eigenvalue weighted by Gasteiger charge is 2.36. The van der Waals surface area contributed by atoms with Crippen molar-refractivity contribution in [2.45, 2.75) is 38.9 Å². The minimum absolute atomic E-state index is 0.768. The standard InChI is InChI=1S/C31H25BNO4S/c1-30(2,34)31(3,4)37-32-21-9-7-11-25-28(21)20-15-27-22(16-26(20)36-25)33-29(38-27)17-12-13-24-19(14-17)18-8-5-6-10-23(18)35-24/h5-16,34H,1-4H3. The molecule has 7 heteroatoms. The molecule has 0 unspecified atom stereocenters. The van der Waals surface area contributed by atoms with Crippen LogP contribution >= 0.6 is 11.3 Å². The van der Waals surface area contributed by atoms with Crippen LogP contribution in [0.1, 0.15) is 27.7 Å². The van der Waals surface area contributed by atoms with Crippen LogP contribution in [0.2, 0.25) is 0 Å². The number of aromatic nitrogens is 1. The highest BCUT2D eigenvalue weighted by Crippen LogP contribution is 2.38. The zero-order valence-electron chi connectivity index (χ0n) is 21.5. The van der Waals surface area contributed by atoms with Crippen molar-refractivity contribution >= 4 is 78.4 Å². The van der Waals surface area contributed by atoms with E-state index in [-0.39, 0.29) is 0 Å². The van der Waals surface area contributed by atoms with Gasteiger partial charge in [0.25, 0.3) is 0 Å². The number of furan rings is 2. The molecular weight excluding hydrogens is 493 g/mol. The maximum absolute atomic E-state index is 10.5. The lowest BCUT2D eigenvalue weighted by atomic mass is 9.80. The molecule has 1 radical (unpaired) electrons. The molecule has 0 saturated heterocycles. The molecule has 5 nitrogen and oxygen atoms in total. The van der Waals surface area contributed by atoms with Crippen molar-refractivity contribution < 1.29 is 18.6 Å². The number of aliphatic hydroxyl groups is 1. The number of benzene rings is 4. The predicted octanol–water partition coefficient (Wildman–Crippen LogP) is 7.57. The SMILES string of the molecule is CC(C)(O)C(C)(C)O[B]c1cccc2oc3cc4nc(-c5ccc6oc7ccccc7c6c5)sc4cc3c12. The first-order valence-electron chi connectivity index (χ1n) is 12.6. The molecule has 187 valence electrons. The number of hydrogen-bond acceptors (Lipinski definition) is 6. The van der Waals surface area contributed by atoms with Crippen molar-refractivity contribution in [3.8, 4) is 10.6 Å². The van der Waals surface area contributed by atoms with Crippen LogP contribution in [-0.4, -0.2) is 28.8 Å². The van der Waals surface area contributed by atoms with E-state index < -0.39 is 11.2 Å². The maximum atomic E-state index is 10.5. The quantitative estimate of drug-likeness (QED) is 0.238. The first-order chi connectivity index (χ1) is 18.2. The van der Waals surface area contributed by atoms with Crippen LogP contribution < -0.4 is 5.46 Å². The average molecular weight is 518 g/mol. The molecule has 0 aliphatic carbocycles. The van der Waals surface area contributed by atoms with Gasteiger partial charge in [0.15, 0.2) is 0 Å². The molecule has 7 rings (SSSR count). The van der Waals surface area contributed by atoms with Crippen LogP contribution in [0, 0.1) is 0 Å². The third kappa shape index (κ3) is 3.65.